The van der Waals surface area contributed by atoms with E-state index in [0.29, 0.717) is 5.65 Å². The van der Waals surface area contributed by atoms with Crippen LogP contribution in [-0.4, -0.2) is 51.1 Å². The van der Waals surface area contributed by atoms with E-state index in [4.69, 9.17) is 19.7 Å². The van der Waals surface area contributed by atoms with Crippen molar-refractivity contribution >= 4 is 46.5 Å². The molecule has 0 saturated carbocycles. The second kappa shape index (κ2) is 11.7. The summed E-state index contributed by atoms with van der Waals surface area (Å²) >= 11 is 3.39. The molecule has 2 unspecified atom stereocenters. The van der Waals surface area contributed by atoms with Crippen molar-refractivity contribution in [3.63, 3.8) is 0 Å². The molecule has 0 fully saturated rings. The number of H-pyrrole nitrogens is 1. The van der Waals surface area contributed by atoms with Gasteiger partial charge >= 0.3 is 5.97 Å². The molecule has 12 nitrogen and oxygen atoms in total. The minimum Gasteiger partial charge on any atom is -0.465 e. The van der Waals surface area contributed by atoms with E-state index in [1.807, 2.05) is 24.3 Å². The number of nitrogens with two attached hydrogens (primary N) is 1. The fraction of sp³-hybridized carbons (Fsp3) is 0.400. The van der Waals surface area contributed by atoms with E-state index in [-0.39, 0.29) is 44.2 Å². The summed E-state index contributed by atoms with van der Waals surface area (Å²) in [6.45, 7) is 3.85. The number of fused-ring (bicyclic) bond motifs is 1. The first-order chi connectivity index (χ1) is 16.2. The van der Waals surface area contributed by atoms with Crippen LogP contribution in [-0.2, 0) is 36.5 Å². The molecule has 0 amide bonds. The molecule has 3 aromatic rings. The highest BCUT2D eigenvalue weighted by molar-refractivity contribution is 9.10. The van der Waals surface area contributed by atoms with Crippen molar-refractivity contribution in [1.29, 1.82) is 0 Å². The van der Waals surface area contributed by atoms with Crippen LogP contribution < -0.4 is 16.4 Å². The van der Waals surface area contributed by atoms with Gasteiger partial charge in [-0.25, -0.2) is 10.1 Å². The van der Waals surface area contributed by atoms with Crippen LogP contribution in [0.15, 0.2) is 39.9 Å². The third kappa shape index (κ3) is 6.97. The van der Waals surface area contributed by atoms with Crippen molar-refractivity contribution in [3.05, 3.63) is 51.0 Å². The van der Waals surface area contributed by atoms with Crippen molar-refractivity contribution in [2.75, 3.05) is 25.3 Å². The number of aromatic nitrogens is 4. The lowest BCUT2D eigenvalue weighted by molar-refractivity contribution is -0.144. The van der Waals surface area contributed by atoms with E-state index in [9.17, 15) is 14.2 Å². The Bertz CT molecular complexity index is 1250. The summed E-state index contributed by atoms with van der Waals surface area (Å²) in [6.07, 6.45) is 1.15. The molecule has 0 aliphatic rings. The fourth-order valence-electron chi connectivity index (χ4n) is 3.01. The van der Waals surface area contributed by atoms with Gasteiger partial charge in [0.2, 0.25) is 5.95 Å². The summed E-state index contributed by atoms with van der Waals surface area (Å²) in [7, 11) is -3.61. The van der Waals surface area contributed by atoms with Gasteiger partial charge in [-0.3, -0.25) is 19.1 Å². The highest BCUT2D eigenvalue weighted by Crippen LogP contribution is 2.44. The molecule has 0 aliphatic carbocycles. The maximum Gasteiger partial charge on any atom is 0.323 e. The molecule has 0 aliphatic heterocycles. The number of hydrogen-bond donors (Lipinski definition) is 3. The molecule has 2 aromatic heterocycles. The summed E-state index contributed by atoms with van der Waals surface area (Å²) in [5.74, 6) is -0.574. The highest BCUT2D eigenvalue weighted by Gasteiger charge is 2.29. The molecular weight excluding hydrogens is 531 g/mol. The minimum atomic E-state index is -3.61. The molecule has 3 rings (SSSR count). The summed E-state index contributed by atoms with van der Waals surface area (Å²) in [5, 5.41) is 2.73. The van der Waals surface area contributed by atoms with Gasteiger partial charge in [0.1, 0.15) is 12.4 Å². The van der Waals surface area contributed by atoms with E-state index in [0.717, 1.165) is 10.0 Å². The maximum atomic E-state index is 13.5. The molecular formula is C20H26BrN6O6P. The maximum absolute atomic E-state index is 13.5. The monoisotopic (exact) mass is 556 g/mol. The van der Waals surface area contributed by atoms with Crippen LogP contribution in [0.2, 0.25) is 0 Å². The Kier molecular flexibility index (Phi) is 8.97. The summed E-state index contributed by atoms with van der Waals surface area (Å²) in [4.78, 5) is 34.4. The Morgan fingerprint density at radius 2 is 2.21 bits per heavy atom. The molecule has 2 heterocycles. The average molecular weight is 557 g/mol. The van der Waals surface area contributed by atoms with Gasteiger partial charge in [-0.15, -0.1) is 0 Å². The van der Waals surface area contributed by atoms with Gasteiger partial charge in [0.25, 0.3) is 13.1 Å². The molecule has 0 spiro atoms. The predicted octanol–water partition coefficient (Wildman–Crippen LogP) is 2.39. The molecule has 34 heavy (non-hydrogen) atoms. The Balaban J connectivity index is 1.65. The third-order valence-electron chi connectivity index (χ3n) is 4.59. The Hall–Kier alpha value is -2.57. The van der Waals surface area contributed by atoms with Crippen molar-refractivity contribution in [2.45, 2.75) is 33.0 Å². The van der Waals surface area contributed by atoms with Crippen LogP contribution in [0, 0.1) is 0 Å². The van der Waals surface area contributed by atoms with E-state index in [1.165, 1.54) is 6.33 Å². The van der Waals surface area contributed by atoms with Crippen LogP contribution in [0.5, 0.6) is 0 Å². The van der Waals surface area contributed by atoms with Gasteiger partial charge < -0.3 is 24.3 Å². The Morgan fingerprint density at radius 3 is 2.94 bits per heavy atom. The first kappa shape index (κ1) is 26.0. The smallest absolute Gasteiger partial charge is 0.323 e. The van der Waals surface area contributed by atoms with Gasteiger partial charge in [0.05, 0.1) is 26.1 Å². The average Bonchev–Trinajstić information content (AvgIpc) is 3.19. The standard InChI is InChI=1S/C20H26BrN6O6P/c1-3-32-19(29)13(2)26-34(30,33-10-14-5-4-6-15(21)9-14)12-31-8-7-27-11-23-16-17(27)24-20(22)25-18(16)28/h4-6,9,11,13H,3,7-8,10,12H2,1-2H3,(H,26,30)(H3,22,24,25,28). The molecule has 1 aromatic carbocycles. The zero-order valence-corrected chi connectivity index (χ0v) is 21.2. The number of ether oxygens (including phenoxy) is 2. The number of carbonyl (C=O) groups excluding carboxylic acids is 1. The molecule has 14 heteroatoms. The molecule has 4 N–H and O–H groups in total. The number of esters is 1. The van der Waals surface area contributed by atoms with Gasteiger partial charge in [0.15, 0.2) is 11.2 Å². The predicted molar refractivity (Wildman–Crippen MR) is 129 cm³/mol. The quantitative estimate of drug-likeness (QED) is 0.171. The van der Waals surface area contributed by atoms with Crippen molar-refractivity contribution < 1.29 is 23.4 Å². The normalized spacial score (nSPS) is 14.1. The second-order valence-electron chi connectivity index (χ2n) is 7.28. The van der Waals surface area contributed by atoms with Crippen molar-refractivity contribution in [3.8, 4) is 0 Å². The number of carbonyl (C=O) groups is 1. The SMILES string of the molecule is CCOC(=O)C(C)NP(=O)(COCCn1cnc2c(=O)[nH]c(N)nc21)OCc1cccc(Br)c1. The topological polar surface area (TPSA) is 163 Å². The zero-order valence-electron chi connectivity index (χ0n) is 18.7. The summed E-state index contributed by atoms with van der Waals surface area (Å²) in [5.41, 5.74) is 6.42. The molecule has 0 radical (unpaired) electrons. The number of imidazole rings is 1. The van der Waals surface area contributed by atoms with E-state index in [2.05, 4.69) is 36.0 Å². The largest absolute Gasteiger partial charge is 0.465 e. The first-order valence-electron chi connectivity index (χ1n) is 10.4. The van der Waals surface area contributed by atoms with Gasteiger partial charge in [-0.05, 0) is 31.5 Å². The van der Waals surface area contributed by atoms with Crippen LogP contribution >= 0.6 is 23.4 Å². The van der Waals surface area contributed by atoms with Crippen molar-refractivity contribution in [1.82, 2.24) is 24.6 Å². The number of benzene rings is 1. The number of anilines is 1. The molecule has 0 bridgehead atoms. The minimum absolute atomic E-state index is 0.0252. The van der Waals surface area contributed by atoms with E-state index in [1.54, 1.807) is 18.4 Å². The number of nitrogens with one attached hydrogen (secondary N) is 2. The lowest BCUT2D eigenvalue weighted by Crippen LogP contribution is -2.34. The van der Waals surface area contributed by atoms with Crippen LogP contribution in [0.3, 0.4) is 0 Å². The number of nitrogen functional groups attached to an aromatic ring is 1. The number of aromatic amines is 1. The van der Waals surface area contributed by atoms with Gasteiger partial charge in [-0.2, -0.15) is 4.98 Å². The lowest BCUT2D eigenvalue weighted by Gasteiger charge is -2.23. The summed E-state index contributed by atoms with van der Waals surface area (Å²) < 4.78 is 32.3. The van der Waals surface area contributed by atoms with Crippen molar-refractivity contribution in [2.24, 2.45) is 0 Å². The third-order valence-corrected chi connectivity index (χ3v) is 6.93. The second-order valence-corrected chi connectivity index (χ2v) is 10.3. The first-order valence-corrected chi connectivity index (χ1v) is 13.0. The number of nitrogens with zero attached hydrogens (tertiary/aromatic N) is 3. The van der Waals surface area contributed by atoms with E-state index < -0.39 is 25.1 Å². The summed E-state index contributed by atoms with van der Waals surface area (Å²) in [6, 6.07) is 6.50. The van der Waals surface area contributed by atoms with E-state index >= 15 is 0 Å². The molecule has 0 saturated heterocycles. The number of halogens is 1. The molecule has 184 valence electrons. The molecule has 2 atom stereocenters. The fourth-order valence-corrected chi connectivity index (χ4v) is 5.11. The van der Waals surface area contributed by atoms with Gasteiger partial charge in [-0.1, -0.05) is 28.1 Å². The van der Waals surface area contributed by atoms with Gasteiger partial charge in [0, 0.05) is 11.0 Å². The Morgan fingerprint density at radius 1 is 1.41 bits per heavy atom. The number of rotatable bonds is 12. The van der Waals surface area contributed by atoms with Crippen LogP contribution in [0.4, 0.5) is 5.95 Å². The highest BCUT2D eigenvalue weighted by atomic mass is 79.9. The van der Waals surface area contributed by atoms with Crippen LogP contribution in [0.1, 0.15) is 19.4 Å². The Labute approximate surface area is 203 Å². The number of hydrogen-bond acceptors (Lipinski definition) is 9. The zero-order chi connectivity index (χ0) is 24.7. The van der Waals surface area contributed by atoms with Crippen LogP contribution in [0.25, 0.3) is 11.2 Å². The lowest BCUT2D eigenvalue weighted by atomic mass is 10.2.